The van der Waals surface area contributed by atoms with Crippen molar-refractivity contribution in [3.05, 3.63) is 71.4 Å². The van der Waals surface area contributed by atoms with E-state index in [1.54, 1.807) is 18.3 Å². The number of hydrogen-bond donors (Lipinski definition) is 1. The molecule has 4 rings (SSSR count). The number of benzene rings is 2. The van der Waals surface area contributed by atoms with Crippen LogP contribution in [-0.2, 0) is 10.0 Å². The normalized spacial score (nSPS) is 19.8. The van der Waals surface area contributed by atoms with Gasteiger partial charge in [0, 0.05) is 17.6 Å². The summed E-state index contributed by atoms with van der Waals surface area (Å²) in [6.07, 6.45) is 5.50. The maximum Gasteiger partial charge on any atom is 0.240 e. The third kappa shape index (κ3) is 5.08. The number of rotatable bonds is 6. The molecule has 0 radical (unpaired) electrons. The molecule has 1 aliphatic rings. The van der Waals surface area contributed by atoms with Gasteiger partial charge in [0.15, 0.2) is 0 Å². The van der Waals surface area contributed by atoms with Crippen LogP contribution in [0, 0.1) is 6.92 Å². The number of sulfonamides is 1. The molecule has 0 saturated heterocycles. The zero-order chi connectivity index (χ0) is 22.7. The monoisotopic (exact) mass is 449 g/mol. The maximum atomic E-state index is 12.9. The van der Waals surface area contributed by atoms with Gasteiger partial charge < -0.3 is 0 Å². The Hall–Kier alpha value is -2.57. The second kappa shape index (κ2) is 9.51. The van der Waals surface area contributed by atoms with Crippen LogP contribution in [0.25, 0.3) is 10.9 Å². The van der Waals surface area contributed by atoms with E-state index in [0.29, 0.717) is 10.8 Å². The molecule has 0 spiro atoms. The Labute approximate surface area is 191 Å². The molecule has 2 unspecified atom stereocenters. The summed E-state index contributed by atoms with van der Waals surface area (Å²) < 4.78 is 28.7. The van der Waals surface area contributed by atoms with Crippen LogP contribution in [0.5, 0.6) is 0 Å². The molecule has 32 heavy (non-hydrogen) atoms. The van der Waals surface area contributed by atoms with E-state index in [1.165, 1.54) is 5.56 Å². The van der Waals surface area contributed by atoms with Crippen molar-refractivity contribution in [2.75, 3.05) is 0 Å². The Morgan fingerprint density at radius 1 is 1.03 bits per heavy atom. The topological polar surface area (TPSA) is 71.4 Å². The number of nitrogens with zero attached hydrogens (tertiary/aromatic N) is 2. The van der Waals surface area contributed by atoms with Gasteiger partial charge in [-0.15, -0.1) is 0 Å². The van der Waals surface area contributed by atoms with Crippen molar-refractivity contribution in [1.82, 2.24) is 9.71 Å². The van der Waals surface area contributed by atoms with Gasteiger partial charge in [-0.1, -0.05) is 68.7 Å². The Kier molecular flexibility index (Phi) is 6.72. The number of aryl methyl sites for hydroxylation is 1. The number of aromatic nitrogens is 1. The molecule has 5 nitrogen and oxygen atoms in total. The number of pyridine rings is 1. The van der Waals surface area contributed by atoms with Crippen LogP contribution in [0.15, 0.2) is 64.5 Å². The van der Waals surface area contributed by atoms with Gasteiger partial charge in [0.1, 0.15) is 0 Å². The van der Waals surface area contributed by atoms with Gasteiger partial charge in [-0.25, -0.2) is 18.1 Å². The van der Waals surface area contributed by atoms with Crippen molar-refractivity contribution in [2.24, 2.45) is 4.99 Å². The van der Waals surface area contributed by atoms with Gasteiger partial charge in [0.2, 0.25) is 10.0 Å². The van der Waals surface area contributed by atoms with E-state index in [2.05, 4.69) is 42.8 Å². The van der Waals surface area contributed by atoms with Gasteiger partial charge >= 0.3 is 0 Å². The zero-order valence-corrected chi connectivity index (χ0v) is 19.8. The van der Waals surface area contributed by atoms with Crippen molar-refractivity contribution in [2.45, 2.75) is 69.4 Å². The maximum absolute atomic E-state index is 12.9. The van der Waals surface area contributed by atoms with Gasteiger partial charge in [-0.3, -0.25) is 4.99 Å². The summed E-state index contributed by atoms with van der Waals surface area (Å²) in [7, 11) is -3.58. The summed E-state index contributed by atoms with van der Waals surface area (Å²) in [6, 6.07) is 17.0. The molecule has 1 fully saturated rings. The molecule has 1 saturated carbocycles. The number of nitrogens with one attached hydrogen (secondary N) is 1. The van der Waals surface area contributed by atoms with Crippen molar-refractivity contribution in [1.29, 1.82) is 0 Å². The molecule has 0 aliphatic heterocycles. The molecule has 1 aliphatic carbocycles. The van der Waals surface area contributed by atoms with E-state index in [1.807, 2.05) is 25.1 Å². The van der Waals surface area contributed by atoms with Gasteiger partial charge in [0.25, 0.3) is 0 Å². The second-order valence-corrected chi connectivity index (χ2v) is 10.7. The molecule has 1 N–H and O–H groups in total. The van der Waals surface area contributed by atoms with Gasteiger partial charge in [-0.05, 0) is 49.4 Å². The lowest BCUT2D eigenvalue weighted by atomic mass is 9.91. The van der Waals surface area contributed by atoms with Crippen LogP contribution in [0.2, 0.25) is 0 Å². The molecule has 2 atom stereocenters. The van der Waals surface area contributed by atoms with Crippen LogP contribution >= 0.6 is 0 Å². The number of fused-ring (bicyclic) bond motifs is 1. The minimum absolute atomic E-state index is 0.0955. The number of hydrogen-bond acceptors (Lipinski definition) is 4. The van der Waals surface area contributed by atoms with Crippen molar-refractivity contribution >= 4 is 27.1 Å². The third-order valence-electron chi connectivity index (χ3n) is 6.16. The van der Waals surface area contributed by atoms with Crippen LogP contribution < -0.4 is 4.72 Å². The Morgan fingerprint density at radius 2 is 1.78 bits per heavy atom. The Bertz CT molecular complexity index is 1220. The first-order valence-corrected chi connectivity index (χ1v) is 12.8. The Morgan fingerprint density at radius 3 is 2.53 bits per heavy atom. The number of aliphatic imine (C=N–C) groups is 1. The molecular weight excluding hydrogens is 418 g/mol. The van der Waals surface area contributed by atoms with Crippen LogP contribution in [0.3, 0.4) is 0 Å². The third-order valence-corrected chi connectivity index (χ3v) is 7.67. The van der Waals surface area contributed by atoms with Crippen molar-refractivity contribution < 1.29 is 8.42 Å². The fraction of sp³-hybridized carbons (Fsp3) is 0.385. The minimum atomic E-state index is -3.58. The van der Waals surface area contributed by atoms with Crippen LogP contribution in [0.4, 0.5) is 0 Å². The first-order valence-electron chi connectivity index (χ1n) is 11.4. The first-order chi connectivity index (χ1) is 15.3. The average Bonchev–Trinajstić information content (AvgIpc) is 2.78. The lowest BCUT2D eigenvalue weighted by Crippen LogP contribution is -2.44. The van der Waals surface area contributed by atoms with Crippen molar-refractivity contribution in [3.8, 4) is 0 Å². The SMILES string of the molecule is Cc1ccc(S(=O)(=O)NC2CCCCC2N=Cc2ccc3cccc(C(C)C)c3n2)cc1. The summed E-state index contributed by atoms with van der Waals surface area (Å²) >= 11 is 0. The first kappa shape index (κ1) is 22.6. The van der Waals surface area contributed by atoms with Crippen LogP contribution in [0.1, 0.15) is 62.3 Å². The second-order valence-electron chi connectivity index (χ2n) is 8.98. The molecule has 1 aromatic heterocycles. The minimum Gasteiger partial charge on any atom is -0.286 e. The average molecular weight is 450 g/mol. The Balaban J connectivity index is 1.55. The fourth-order valence-electron chi connectivity index (χ4n) is 4.31. The largest absolute Gasteiger partial charge is 0.286 e. The predicted octanol–water partition coefficient (Wildman–Crippen LogP) is 5.38. The highest BCUT2D eigenvalue weighted by Gasteiger charge is 2.29. The highest BCUT2D eigenvalue weighted by atomic mass is 32.2. The molecule has 3 aromatic rings. The highest BCUT2D eigenvalue weighted by Crippen LogP contribution is 2.25. The molecule has 1 heterocycles. The molecule has 0 amide bonds. The van der Waals surface area contributed by atoms with E-state index >= 15 is 0 Å². The van der Waals surface area contributed by atoms with Gasteiger partial charge in [-0.2, -0.15) is 0 Å². The van der Waals surface area contributed by atoms with E-state index in [0.717, 1.165) is 47.8 Å². The highest BCUT2D eigenvalue weighted by molar-refractivity contribution is 7.89. The predicted molar refractivity (Wildman–Crippen MR) is 131 cm³/mol. The summed E-state index contributed by atoms with van der Waals surface area (Å²) in [5, 5.41) is 1.12. The molecule has 2 aromatic carbocycles. The van der Waals surface area contributed by atoms with E-state index < -0.39 is 10.0 Å². The van der Waals surface area contributed by atoms with E-state index in [4.69, 9.17) is 9.98 Å². The van der Waals surface area contributed by atoms with Gasteiger partial charge in [0.05, 0.1) is 22.1 Å². The standard InChI is InChI=1S/C26H31N3O2S/c1-18(2)23-8-6-7-20-13-14-21(28-26(20)23)17-27-24-9-4-5-10-25(24)29-32(30,31)22-15-11-19(3)12-16-22/h6-8,11-18,24-25,29H,4-5,9-10H2,1-3H3. The molecule has 168 valence electrons. The van der Waals surface area contributed by atoms with Crippen molar-refractivity contribution in [3.63, 3.8) is 0 Å². The molecule has 0 bridgehead atoms. The fourth-order valence-corrected chi connectivity index (χ4v) is 5.61. The smallest absolute Gasteiger partial charge is 0.240 e. The lowest BCUT2D eigenvalue weighted by molar-refractivity contribution is 0.363. The van der Waals surface area contributed by atoms with E-state index in [-0.39, 0.29) is 12.1 Å². The summed E-state index contributed by atoms with van der Waals surface area (Å²) in [5.74, 6) is 0.386. The summed E-state index contributed by atoms with van der Waals surface area (Å²) in [6.45, 7) is 6.29. The van der Waals surface area contributed by atoms with Crippen LogP contribution in [-0.4, -0.2) is 31.7 Å². The lowest BCUT2D eigenvalue weighted by Gasteiger charge is -2.29. The summed E-state index contributed by atoms with van der Waals surface area (Å²) in [4.78, 5) is 9.94. The van der Waals surface area contributed by atoms with E-state index in [9.17, 15) is 8.42 Å². The molecule has 6 heteroatoms. The quantitative estimate of drug-likeness (QED) is 0.514. The summed E-state index contributed by atoms with van der Waals surface area (Å²) in [5.41, 5.74) is 4.06. The zero-order valence-electron chi connectivity index (χ0n) is 19.0. The molecular formula is C26H31N3O2S. The number of para-hydroxylation sites is 1.